The number of rotatable bonds is 4. The van der Waals surface area contributed by atoms with Crippen molar-refractivity contribution in [3.8, 4) is 0 Å². The monoisotopic (exact) mass is 256 g/mol. The fourth-order valence-electron chi connectivity index (χ4n) is 3.01. The third-order valence-electron chi connectivity index (χ3n) is 4.02. The number of aliphatic hydroxyl groups excluding tert-OH is 1. The quantitative estimate of drug-likeness (QED) is 0.912. The van der Waals surface area contributed by atoms with Gasteiger partial charge in [-0.3, -0.25) is 9.88 Å². The van der Waals surface area contributed by atoms with Gasteiger partial charge in [-0.2, -0.15) is 0 Å². The highest BCUT2D eigenvalue weighted by Crippen LogP contribution is 2.23. The van der Waals surface area contributed by atoms with Crippen molar-refractivity contribution in [3.05, 3.63) is 42.1 Å². The summed E-state index contributed by atoms with van der Waals surface area (Å²) >= 11 is 0. The molecule has 1 aliphatic heterocycles. The molecule has 0 saturated carbocycles. The van der Waals surface area contributed by atoms with E-state index in [2.05, 4.69) is 34.1 Å². The highest BCUT2D eigenvalue weighted by atomic mass is 16.3. The smallest absolute Gasteiger partial charge is 0.0746 e. The van der Waals surface area contributed by atoms with E-state index >= 15 is 0 Å². The van der Waals surface area contributed by atoms with E-state index in [1.807, 2.05) is 12.3 Å². The van der Waals surface area contributed by atoms with Crippen molar-refractivity contribution in [2.75, 3.05) is 19.7 Å². The molecule has 0 amide bonds. The number of benzene rings is 1. The number of hydrogen-bond acceptors (Lipinski definition) is 3. The molecular formula is C16H20N2O. The normalized spacial score (nSPS) is 20.2. The maximum Gasteiger partial charge on any atom is 0.0746 e. The number of para-hydroxylation sites is 1. The number of fused-ring (bicyclic) bond motifs is 1. The Morgan fingerprint density at radius 3 is 3.05 bits per heavy atom. The third-order valence-corrected chi connectivity index (χ3v) is 4.02. The molecule has 1 unspecified atom stereocenters. The van der Waals surface area contributed by atoms with Crippen LogP contribution >= 0.6 is 0 Å². The van der Waals surface area contributed by atoms with Crippen molar-refractivity contribution < 1.29 is 5.11 Å². The topological polar surface area (TPSA) is 36.4 Å². The first-order valence-corrected chi connectivity index (χ1v) is 7.02. The van der Waals surface area contributed by atoms with Gasteiger partial charge < -0.3 is 5.11 Å². The van der Waals surface area contributed by atoms with Gasteiger partial charge in [0.25, 0.3) is 0 Å². The minimum Gasteiger partial charge on any atom is -0.396 e. The summed E-state index contributed by atoms with van der Waals surface area (Å²) in [7, 11) is 0. The maximum absolute atomic E-state index is 9.02. The second-order valence-corrected chi connectivity index (χ2v) is 5.39. The molecule has 1 fully saturated rings. The van der Waals surface area contributed by atoms with Crippen molar-refractivity contribution in [1.29, 1.82) is 0 Å². The second-order valence-electron chi connectivity index (χ2n) is 5.39. The van der Waals surface area contributed by atoms with Crippen LogP contribution in [0.4, 0.5) is 0 Å². The van der Waals surface area contributed by atoms with Gasteiger partial charge in [0.1, 0.15) is 0 Å². The second kappa shape index (κ2) is 5.68. The number of pyridine rings is 1. The Bertz CT molecular complexity index is 550. The van der Waals surface area contributed by atoms with Crippen LogP contribution in [-0.4, -0.2) is 34.7 Å². The van der Waals surface area contributed by atoms with Crippen LogP contribution in [-0.2, 0) is 6.54 Å². The Morgan fingerprint density at radius 2 is 2.16 bits per heavy atom. The molecule has 0 aliphatic carbocycles. The van der Waals surface area contributed by atoms with E-state index in [0.29, 0.717) is 12.5 Å². The van der Waals surface area contributed by atoms with Gasteiger partial charge in [-0.05, 0) is 36.9 Å². The number of aliphatic hydroxyl groups is 1. The molecule has 1 saturated heterocycles. The Kier molecular flexibility index (Phi) is 3.76. The average molecular weight is 256 g/mol. The number of likely N-dealkylation sites (tertiary alicyclic amines) is 1. The average Bonchev–Trinajstić information content (AvgIpc) is 2.87. The standard InChI is InChI=1S/C16H20N2O/c19-10-7-13-6-9-18(11-13)12-15-4-1-3-14-5-2-8-17-16(14)15/h1-5,8,13,19H,6-7,9-12H2. The lowest BCUT2D eigenvalue weighted by Gasteiger charge is -2.16. The molecule has 3 heteroatoms. The Morgan fingerprint density at radius 1 is 1.26 bits per heavy atom. The van der Waals surface area contributed by atoms with Gasteiger partial charge in [0.2, 0.25) is 0 Å². The van der Waals surface area contributed by atoms with E-state index in [4.69, 9.17) is 5.11 Å². The van der Waals surface area contributed by atoms with Gasteiger partial charge in [0.05, 0.1) is 5.52 Å². The zero-order valence-corrected chi connectivity index (χ0v) is 11.1. The van der Waals surface area contributed by atoms with E-state index in [0.717, 1.165) is 31.6 Å². The molecule has 1 N–H and O–H groups in total. The van der Waals surface area contributed by atoms with Crippen molar-refractivity contribution >= 4 is 10.9 Å². The lowest BCUT2D eigenvalue weighted by Crippen LogP contribution is -2.20. The van der Waals surface area contributed by atoms with Crippen LogP contribution in [0.2, 0.25) is 0 Å². The zero-order valence-electron chi connectivity index (χ0n) is 11.1. The summed E-state index contributed by atoms with van der Waals surface area (Å²) in [6.07, 6.45) is 4.01. The molecule has 2 aromatic rings. The van der Waals surface area contributed by atoms with Crippen molar-refractivity contribution in [1.82, 2.24) is 9.88 Å². The Labute approximate surface area is 113 Å². The van der Waals surface area contributed by atoms with Gasteiger partial charge in [-0.1, -0.05) is 24.3 Å². The largest absolute Gasteiger partial charge is 0.396 e. The van der Waals surface area contributed by atoms with Crippen LogP contribution in [0.5, 0.6) is 0 Å². The summed E-state index contributed by atoms with van der Waals surface area (Å²) in [5.41, 5.74) is 2.43. The maximum atomic E-state index is 9.02. The summed E-state index contributed by atoms with van der Waals surface area (Å²) in [5.74, 6) is 0.660. The van der Waals surface area contributed by atoms with Crippen LogP contribution in [0.1, 0.15) is 18.4 Å². The molecule has 0 radical (unpaired) electrons. The van der Waals surface area contributed by atoms with Crippen molar-refractivity contribution in [3.63, 3.8) is 0 Å². The molecule has 2 heterocycles. The van der Waals surface area contributed by atoms with Crippen molar-refractivity contribution in [2.24, 2.45) is 5.92 Å². The molecule has 1 aromatic heterocycles. The molecule has 3 nitrogen and oxygen atoms in total. The molecule has 3 rings (SSSR count). The highest BCUT2D eigenvalue weighted by molar-refractivity contribution is 5.81. The minimum absolute atomic E-state index is 0.314. The number of aromatic nitrogens is 1. The molecule has 0 bridgehead atoms. The van der Waals surface area contributed by atoms with Crippen LogP contribution in [0.15, 0.2) is 36.5 Å². The summed E-state index contributed by atoms with van der Waals surface area (Å²) in [6, 6.07) is 10.5. The predicted octanol–water partition coefficient (Wildman–Crippen LogP) is 2.44. The fourth-order valence-corrected chi connectivity index (χ4v) is 3.01. The van der Waals surface area contributed by atoms with Gasteiger partial charge >= 0.3 is 0 Å². The minimum atomic E-state index is 0.314. The van der Waals surface area contributed by atoms with E-state index < -0.39 is 0 Å². The molecule has 1 atom stereocenters. The molecule has 100 valence electrons. The molecule has 19 heavy (non-hydrogen) atoms. The van der Waals surface area contributed by atoms with E-state index in [1.165, 1.54) is 17.4 Å². The SMILES string of the molecule is OCCC1CCN(Cc2cccc3cccnc23)C1. The number of nitrogens with zero attached hydrogens (tertiary/aromatic N) is 2. The van der Waals surface area contributed by atoms with Crippen LogP contribution in [0, 0.1) is 5.92 Å². The Balaban J connectivity index is 1.75. The van der Waals surface area contributed by atoms with E-state index in [9.17, 15) is 0 Å². The summed E-state index contributed by atoms with van der Waals surface area (Å²) in [4.78, 5) is 6.99. The van der Waals surface area contributed by atoms with Crippen LogP contribution in [0.3, 0.4) is 0 Å². The van der Waals surface area contributed by atoms with E-state index in [1.54, 1.807) is 0 Å². The molecule has 1 aliphatic rings. The van der Waals surface area contributed by atoms with Gasteiger partial charge in [-0.25, -0.2) is 0 Å². The van der Waals surface area contributed by atoms with Gasteiger partial charge in [-0.15, -0.1) is 0 Å². The van der Waals surface area contributed by atoms with Gasteiger partial charge in [0.15, 0.2) is 0 Å². The van der Waals surface area contributed by atoms with Crippen LogP contribution < -0.4 is 0 Å². The summed E-state index contributed by atoms with van der Waals surface area (Å²) < 4.78 is 0. The lowest BCUT2D eigenvalue weighted by molar-refractivity contribution is 0.249. The predicted molar refractivity (Wildman–Crippen MR) is 76.8 cm³/mol. The zero-order chi connectivity index (χ0) is 13.1. The van der Waals surface area contributed by atoms with Crippen LogP contribution in [0.25, 0.3) is 10.9 Å². The summed E-state index contributed by atoms with van der Waals surface area (Å²) in [6.45, 7) is 3.52. The summed E-state index contributed by atoms with van der Waals surface area (Å²) in [5, 5.41) is 10.2. The van der Waals surface area contributed by atoms with Crippen molar-refractivity contribution in [2.45, 2.75) is 19.4 Å². The third kappa shape index (κ3) is 2.77. The first kappa shape index (κ1) is 12.6. The first-order chi connectivity index (χ1) is 9.36. The highest BCUT2D eigenvalue weighted by Gasteiger charge is 2.22. The molecule has 1 aromatic carbocycles. The fraction of sp³-hybridized carbons (Fsp3) is 0.438. The molecule has 0 spiro atoms. The first-order valence-electron chi connectivity index (χ1n) is 7.02. The van der Waals surface area contributed by atoms with E-state index in [-0.39, 0.29) is 0 Å². The molecular weight excluding hydrogens is 236 g/mol. The van der Waals surface area contributed by atoms with Gasteiger partial charge in [0, 0.05) is 31.3 Å². The Hall–Kier alpha value is -1.45. The number of hydrogen-bond donors (Lipinski definition) is 1. The lowest BCUT2D eigenvalue weighted by atomic mass is 10.1.